The van der Waals surface area contributed by atoms with Gasteiger partial charge in [-0.1, -0.05) is 17.3 Å². The van der Waals surface area contributed by atoms with Gasteiger partial charge in [0.05, 0.1) is 22.8 Å². The number of alkyl halides is 3. The molecule has 0 N–H and O–H groups in total. The second-order valence-corrected chi connectivity index (χ2v) is 10.1. The number of aromatic nitrogens is 5. The summed E-state index contributed by atoms with van der Waals surface area (Å²) in [6, 6.07) is 11.5. The molecule has 0 amide bonds. The number of benzene rings is 2. The van der Waals surface area contributed by atoms with Crippen LogP contribution in [0.25, 0.3) is 16.9 Å². The van der Waals surface area contributed by atoms with E-state index in [4.69, 9.17) is 4.74 Å². The zero-order valence-electron chi connectivity index (χ0n) is 19.6. The zero-order chi connectivity index (χ0) is 26.2. The molecule has 0 saturated carbocycles. The Morgan fingerprint density at radius 2 is 1.68 bits per heavy atom. The van der Waals surface area contributed by atoms with Crippen LogP contribution in [0.2, 0.25) is 0 Å². The fourth-order valence-corrected chi connectivity index (χ4v) is 5.83. The van der Waals surface area contributed by atoms with Crippen molar-refractivity contribution >= 4 is 27.0 Å². The lowest BCUT2D eigenvalue weighted by molar-refractivity contribution is -0.139. The molecular weight excluding hydrogens is 511 g/mol. The van der Waals surface area contributed by atoms with Gasteiger partial charge in [-0.2, -0.15) is 22.2 Å². The highest BCUT2D eigenvalue weighted by molar-refractivity contribution is 7.89. The minimum atomic E-state index is -4.78. The molecule has 194 valence electrons. The van der Waals surface area contributed by atoms with Crippen LogP contribution in [0, 0.1) is 0 Å². The van der Waals surface area contributed by atoms with Gasteiger partial charge in [-0.3, -0.25) is 0 Å². The molecular formula is C23H22F3N7O3S. The molecule has 14 heteroatoms. The van der Waals surface area contributed by atoms with E-state index in [1.165, 1.54) is 18.5 Å². The maximum absolute atomic E-state index is 13.4. The number of rotatable bonds is 6. The Morgan fingerprint density at radius 1 is 0.973 bits per heavy atom. The Morgan fingerprint density at radius 3 is 2.35 bits per heavy atom. The first kappa shape index (κ1) is 24.9. The first-order valence-corrected chi connectivity index (χ1v) is 12.8. The molecule has 0 atom stereocenters. The van der Waals surface area contributed by atoms with Crippen molar-refractivity contribution in [3.05, 3.63) is 60.4 Å². The number of hydrogen-bond donors (Lipinski definition) is 0. The van der Waals surface area contributed by atoms with Gasteiger partial charge in [-0.05, 0) is 43.3 Å². The Kier molecular flexibility index (Phi) is 6.45. The average Bonchev–Trinajstić information content (AvgIpc) is 3.33. The van der Waals surface area contributed by atoms with Gasteiger partial charge in [0.1, 0.15) is 12.1 Å². The number of nitrogens with zero attached hydrogens (tertiary/aromatic N) is 7. The van der Waals surface area contributed by atoms with Gasteiger partial charge in [-0.25, -0.2) is 18.4 Å². The lowest BCUT2D eigenvalue weighted by Gasteiger charge is -2.34. The standard InChI is InChI=1S/C23H22F3N7O3S/c1-2-36-17-9-7-16(8-10-17)33-22-20(29-30-33)21(27-15-28-22)31-11-13-32(14-12-31)37(34,35)19-6-4-3-5-18(19)23(24,25)26/h3-10,15H,2,11-14H2,1H3. The van der Waals surface area contributed by atoms with Crippen LogP contribution < -0.4 is 9.64 Å². The SMILES string of the molecule is CCOc1ccc(-n2nnc3c(N4CCN(S(=O)(=O)c5ccccc5C(F)(F)F)CC4)ncnc32)cc1. The minimum absolute atomic E-state index is 0.0208. The number of anilines is 1. The molecule has 37 heavy (non-hydrogen) atoms. The summed E-state index contributed by atoms with van der Waals surface area (Å²) in [5.41, 5.74) is 0.425. The first-order chi connectivity index (χ1) is 17.7. The monoisotopic (exact) mass is 533 g/mol. The van der Waals surface area contributed by atoms with Gasteiger partial charge in [0.2, 0.25) is 10.0 Å². The maximum Gasteiger partial charge on any atom is 0.417 e. The number of fused-ring (bicyclic) bond motifs is 1. The molecule has 0 aliphatic carbocycles. The Bertz CT molecular complexity index is 1520. The summed E-state index contributed by atoms with van der Waals surface area (Å²) in [6.07, 6.45) is -3.41. The number of halogens is 3. The Balaban J connectivity index is 1.37. The van der Waals surface area contributed by atoms with E-state index in [0.29, 0.717) is 23.6 Å². The van der Waals surface area contributed by atoms with Gasteiger partial charge in [0, 0.05) is 26.2 Å². The molecule has 1 fully saturated rings. The molecule has 2 aromatic heterocycles. The summed E-state index contributed by atoms with van der Waals surface area (Å²) in [4.78, 5) is 9.72. The van der Waals surface area contributed by atoms with Crippen LogP contribution in [0.1, 0.15) is 12.5 Å². The fraction of sp³-hybridized carbons (Fsp3) is 0.304. The zero-order valence-corrected chi connectivity index (χ0v) is 20.4. The smallest absolute Gasteiger partial charge is 0.417 e. The van der Waals surface area contributed by atoms with Crippen molar-refractivity contribution in [2.45, 2.75) is 18.0 Å². The van der Waals surface area contributed by atoms with E-state index in [1.54, 1.807) is 4.68 Å². The van der Waals surface area contributed by atoms with Crippen molar-refractivity contribution in [3.63, 3.8) is 0 Å². The van der Waals surface area contributed by atoms with Crippen LogP contribution in [0.5, 0.6) is 5.75 Å². The molecule has 3 heterocycles. The van der Waals surface area contributed by atoms with Crippen LogP contribution in [-0.2, 0) is 16.2 Å². The molecule has 0 unspecified atom stereocenters. The summed E-state index contributed by atoms with van der Waals surface area (Å²) < 4.78 is 74.5. The summed E-state index contributed by atoms with van der Waals surface area (Å²) in [5, 5.41) is 8.45. The molecule has 1 aliphatic heterocycles. The second kappa shape index (κ2) is 9.59. The van der Waals surface area contributed by atoms with Gasteiger partial charge in [-0.15, -0.1) is 5.10 Å². The Hall–Kier alpha value is -3.78. The van der Waals surface area contributed by atoms with Gasteiger partial charge < -0.3 is 9.64 Å². The number of piperazine rings is 1. The van der Waals surface area contributed by atoms with E-state index >= 15 is 0 Å². The number of sulfonamides is 1. The second-order valence-electron chi connectivity index (χ2n) is 8.18. The predicted molar refractivity (Wildman–Crippen MR) is 128 cm³/mol. The van der Waals surface area contributed by atoms with E-state index in [0.717, 1.165) is 27.9 Å². The predicted octanol–water partition coefficient (Wildman–Crippen LogP) is 3.14. The maximum atomic E-state index is 13.4. The van der Waals surface area contributed by atoms with Gasteiger partial charge in [0.25, 0.3) is 0 Å². The lowest BCUT2D eigenvalue weighted by atomic mass is 10.2. The third kappa shape index (κ3) is 4.69. The van der Waals surface area contributed by atoms with Crippen molar-refractivity contribution < 1.29 is 26.3 Å². The quantitative estimate of drug-likeness (QED) is 0.372. The van der Waals surface area contributed by atoms with Crippen LogP contribution in [0.4, 0.5) is 19.0 Å². The van der Waals surface area contributed by atoms with E-state index in [9.17, 15) is 21.6 Å². The lowest BCUT2D eigenvalue weighted by Crippen LogP contribution is -2.49. The highest BCUT2D eigenvalue weighted by atomic mass is 32.2. The average molecular weight is 534 g/mol. The minimum Gasteiger partial charge on any atom is -0.494 e. The van der Waals surface area contributed by atoms with Crippen molar-refractivity contribution in [3.8, 4) is 11.4 Å². The van der Waals surface area contributed by atoms with Crippen molar-refractivity contribution in [2.75, 3.05) is 37.7 Å². The van der Waals surface area contributed by atoms with E-state index in [-0.39, 0.29) is 26.2 Å². The highest BCUT2D eigenvalue weighted by Crippen LogP contribution is 2.35. The summed E-state index contributed by atoms with van der Waals surface area (Å²) >= 11 is 0. The van der Waals surface area contributed by atoms with Crippen molar-refractivity contribution in [2.24, 2.45) is 0 Å². The molecule has 4 aromatic rings. The number of ether oxygens (including phenoxy) is 1. The fourth-order valence-electron chi connectivity index (χ4n) is 4.20. The molecule has 0 spiro atoms. The highest BCUT2D eigenvalue weighted by Gasteiger charge is 2.39. The molecule has 0 bridgehead atoms. The molecule has 10 nitrogen and oxygen atoms in total. The van der Waals surface area contributed by atoms with E-state index in [2.05, 4.69) is 20.3 Å². The summed E-state index contributed by atoms with van der Waals surface area (Å²) in [5.74, 6) is 1.19. The molecule has 5 rings (SSSR count). The largest absolute Gasteiger partial charge is 0.494 e. The molecule has 1 saturated heterocycles. The third-order valence-electron chi connectivity index (χ3n) is 5.96. The van der Waals surface area contributed by atoms with Crippen molar-refractivity contribution in [1.82, 2.24) is 29.3 Å². The van der Waals surface area contributed by atoms with E-state index < -0.39 is 26.7 Å². The molecule has 0 radical (unpaired) electrons. The van der Waals surface area contributed by atoms with Crippen LogP contribution in [0.15, 0.2) is 59.8 Å². The first-order valence-electron chi connectivity index (χ1n) is 11.4. The van der Waals surface area contributed by atoms with Crippen LogP contribution in [0.3, 0.4) is 0 Å². The van der Waals surface area contributed by atoms with E-state index in [1.807, 2.05) is 36.1 Å². The topological polar surface area (TPSA) is 106 Å². The number of hydrogen-bond acceptors (Lipinski definition) is 8. The van der Waals surface area contributed by atoms with Gasteiger partial charge >= 0.3 is 6.18 Å². The van der Waals surface area contributed by atoms with Crippen LogP contribution >= 0.6 is 0 Å². The Labute approximate surface area is 210 Å². The van der Waals surface area contributed by atoms with Crippen molar-refractivity contribution in [1.29, 1.82) is 0 Å². The summed E-state index contributed by atoms with van der Waals surface area (Å²) in [6.45, 7) is 2.81. The summed E-state index contributed by atoms with van der Waals surface area (Å²) in [7, 11) is -4.35. The normalized spacial score (nSPS) is 15.3. The van der Waals surface area contributed by atoms with Gasteiger partial charge in [0.15, 0.2) is 17.0 Å². The molecule has 1 aliphatic rings. The third-order valence-corrected chi connectivity index (χ3v) is 7.92. The van der Waals surface area contributed by atoms with Crippen LogP contribution in [-0.4, -0.2) is 70.5 Å². The molecule has 2 aromatic carbocycles.